The summed E-state index contributed by atoms with van der Waals surface area (Å²) in [5, 5.41) is 6.72. The maximum absolute atomic E-state index is 6.09. The maximum atomic E-state index is 6.09. The smallest absolute Gasteiger partial charge is 0.191 e. The predicted molar refractivity (Wildman–Crippen MR) is 132 cm³/mol. The van der Waals surface area contributed by atoms with E-state index in [2.05, 4.69) is 42.7 Å². The van der Waals surface area contributed by atoms with Crippen molar-refractivity contribution >= 4 is 29.9 Å². The van der Waals surface area contributed by atoms with Crippen molar-refractivity contribution in [1.82, 2.24) is 10.6 Å². The number of rotatable bonds is 12. The molecule has 1 aromatic rings. The molecule has 0 bridgehead atoms. The number of hydrogen-bond donors (Lipinski definition) is 2. The number of nitrogens with zero attached hydrogens (tertiary/aromatic N) is 1. The van der Waals surface area contributed by atoms with E-state index >= 15 is 0 Å². The maximum Gasteiger partial charge on any atom is 0.191 e. The van der Waals surface area contributed by atoms with Crippen LogP contribution in [0.5, 0.6) is 5.75 Å². The summed E-state index contributed by atoms with van der Waals surface area (Å²) < 4.78 is 17.5. The number of aryl methyl sites for hydroxylation is 1. The molecule has 30 heavy (non-hydrogen) atoms. The van der Waals surface area contributed by atoms with Crippen LogP contribution in [-0.2, 0) is 16.0 Å². The van der Waals surface area contributed by atoms with E-state index in [1.165, 1.54) is 18.4 Å². The Kier molecular flexibility index (Phi) is 11.8. The van der Waals surface area contributed by atoms with Crippen molar-refractivity contribution in [1.29, 1.82) is 0 Å². The minimum absolute atomic E-state index is 0. The van der Waals surface area contributed by atoms with E-state index in [-0.39, 0.29) is 30.1 Å². The topological polar surface area (TPSA) is 64.1 Å². The molecule has 2 fully saturated rings. The van der Waals surface area contributed by atoms with Gasteiger partial charge in [-0.25, -0.2) is 4.99 Å². The number of aliphatic imine (C=N–C) groups is 1. The molecule has 1 atom stereocenters. The summed E-state index contributed by atoms with van der Waals surface area (Å²) >= 11 is 0. The Hall–Kier alpha value is -1.06. The lowest BCUT2D eigenvalue weighted by molar-refractivity contribution is 0.0676. The van der Waals surface area contributed by atoms with Crippen LogP contribution in [0.1, 0.15) is 50.2 Å². The fourth-order valence-electron chi connectivity index (χ4n) is 3.31. The molecule has 1 aliphatic heterocycles. The molecule has 1 aromatic carbocycles. The Bertz CT molecular complexity index is 647. The van der Waals surface area contributed by atoms with Gasteiger partial charge < -0.3 is 24.8 Å². The largest absolute Gasteiger partial charge is 0.491 e. The summed E-state index contributed by atoms with van der Waals surface area (Å²) in [6.45, 7) is 9.63. The zero-order valence-corrected chi connectivity index (χ0v) is 20.8. The fraction of sp³-hybridized carbons (Fsp3) is 0.696. The van der Waals surface area contributed by atoms with Crippen molar-refractivity contribution in [3.63, 3.8) is 0 Å². The highest BCUT2D eigenvalue weighted by Gasteiger charge is 2.20. The zero-order chi connectivity index (χ0) is 20.3. The van der Waals surface area contributed by atoms with Gasteiger partial charge in [-0.3, -0.25) is 0 Å². The van der Waals surface area contributed by atoms with Crippen molar-refractivity contribution in [3.05, 3.63) is 29.3 Å². The summed E-state index contributed by atoms with van der Waals surface area (Å²) in [4.78, 5) is 4.75. The van der Waals surface area contributed by atoms with Crippen LogP contribution in [0.3, 0.4) is 0 Å². The van der Waals surface area contributed by atoms with E-state index in [4.69, 9.17) is 19.2 Å². The van der Waals surface area contributed by atoms with Crippen LogP contribution < -0.4 is 15.4 Å². The Morgan fingerprint density at radius 2 is 2.07 bits per heavy atom. The second-order valence-electron chi connectivity index (χ2n) is 8.05. The van der Waals surface area contributed by atoms with Gasteiger partial charge >= 0.3 is 0 Å². The molecule has 3 rings (SSSR count). The molecule has 0 radical (unpaired) electrons. The molecule has 1 saturated carbocycles. The molecule has 1 heterocycles. The monoisotopic (exact) mass is 531 g/mol. The summed E-state index contributed by atoms with van der Waals surface area (Å²) in [5.41, 5.74) is 2.29. The lowest BCUT2D eigenvalue weighted by Crippen LogP contribution is -2.38. The van der Waals surface area contributed by atoms with Gasteiger partial charge in [-0.2, -0.15) is 0 Å². The first-order chi connectivity index (χ1) is 14.2. The summed E-state index contributed by atoms with van der Waals surface area (Å²) in [7, 11) is 0. The Morgan fingerprint density at radius 3 is 2.80 bits per heavy atom. The molecule has 7 heteroatoms. The van der Waals surface area contributed by atoms with Crippen molar-refractivity contribution in [3.8, 4) is 5.75 Å². The molecular weight excluding hydrogens is 493 g/mol. The summed E-state index contributed by atoms with van der Waals surface area (Å²) in [6, 6.07) is 6.32. The number of nitrogens with one attached hydrogen (secondary N) is 2. The standard InChI is InChI=1S/C23H37N3O3.HI/c1-3-24-23(25-11-5-12-27-16-19-8-9-19)26-15-20-10-7-18(2)14-22(20)29-17-21-6-4-13-28-21;/h7,10,14,19,21H,3-6,8-9,11-13,15-17H2,1-2H3,(H2,24,25,26);1H. The Balaban J connectivity index is 0.00000320. The molecule has 0 spiro atoms. The van der Waals surface area contributed by atoms with Crippen molar-refractivity contribution in [2.24, 2.45) is 10.9 Å². The van der Waals surface area contributed by atoms with Gasteiger partial charge in [-0.15, -0.1) is 24.0 Å². The van der Waals surface area contributed by atoms with Gasteiger partial charge in [-0.1, -0.05) is 12.1 Å². The normalized spacial score (nSPS) is 18.7. The second kappa shape index (κ2) is 14.1. The minimum Gasteiger partial charge on any atom is -0.491 e. The highest BCUT2D eigenvalue weighted by molar-refractivity contribution is 14.0. The van der Waals surface area contributed by atoms with E-state index in [9.17, 15) is 0 Å². The van der Waals surface area contributed by atoms with Gasteiger partial charge in [0.25, 0.3) is 0 Å². The number of hydrogen-bond acceptors (Lipinski definition) is 4. The first-order valence-corrected chi connectivity index (χ1v) is 11.2. The highest BCUT2D eigenvalue weighted by Crippen LogP contribution is 2.28. The second-order valence-corrected chi connectivity index (χ2v) is 8.05. The number of ether oxygens (including phenoxy) is 3. The lowest BCUT2D eigenvalue weighted by Gasteiger charge is -2.15. The van der Waals surface area contributed by atoms with Gasteiger partial charge in [0.2, 0.25) is 0 Å². The third-order valence-electron chi connectivity index (χ3n) is 5.23. The van der Waals surface area contributed by atoms with Crippen LogP contribution in [0.15, 0.2) is 23.2 Å². The van der Waals surface area contributed by atoms with Crippen LogP contribution >= 0.6 is 24.0 Å². The first kappa shape index (κ1) is 25.2. The third-order valence-corrected chi connectivity index (χ3v) is 5.23. The predicted octanol–water partition coefficient (Wildman–Crippen LogP) is 4.04. The molecular formula is C23H38IN3O3. The fourth-order valence-corrected chi connectivity index (χ4v) is 3.31. The van der Waals surface area contributed by atoms with E-state index < -0.39 is 0 Å². The average molecular weight is 531 g/mol. The molecule has 6 nitrogen and oxygen atoms in total. The number of benzene rings is 1. The summed E-state index contributed by atoms with van der Waals surface area (Å²) in [5.74, 6) is 2.57. The van der Waals surface area contributed by atoms with Crippen molar-refractivity contribution in [2.45, 2.75) is 58.6 Å². The number of halogens is 1. The zero-order valence-electron chi connectivity index (χ0n) is 18.5. The van der Waals surface area contributed by atoms with Crippen molar-refractivity contribution in [2.75, 3.05) is 39.5 Å². The van der Waals surface area contributed by atoms with Gasteiger partial charge in [0.1, 0.15) is 12.4 Å². The molecule has 1 saturated heterocycles. The third kappa shape index (κ3) is 9.39. The van der Waals surface area contributed by atoms with E-state index in [0.717, 1.165) is 75.4 Å². The molecule has 2 N–H and O–H groups in total. The first-order valence-electron chi connectivity index (χ1n) is 11.2. The SMILES string of the molecule is CCNC(=NCc1ccc(C)cc1OCC1CCCO1)NCCCOCC1CC1.I. The van der Waals surface area contributed by atoms with Crippen LogP contribution in [0, 0.1) is 12.8 Å². The Morgan fingerprint density at radius 1 is 1.20 bits per heavy atom. The quantitative estimate of drug-likeness (QED) is 0.185. The number of guanidine groups is 1. The molecule has 0 amide bonds. The summed E-state index contributed by atoms with van der Waals surface area (Å²) in [6.07, 6.45) is 6.09. The molecule has 1 aliphatic carbocycles. The lowest BCUT2D eigenvalue weighted by atomic mass is 10.1. The molecule has 0 aromatic heterocycles. The van der Waals surface area contributed by atoms with Gasteiger partial charge in [0, 0.05) is 38.5 Å². The van der Waals surface area contributed by atoms with Crippen molar-refractivity contribution < 1.29 is 14.2 Å². The van der Waals surface area contributed by atoms with Gasteiger partial charge in [-0.05, 0) is 63.5 Å². The van der Waals surface area contributed by atoms with Crippen LogP contribution in [0.25, 0.3) is 0 Å². The van der Waals surface area contributed by atoms with Gasteiger partial charge in [0.05, 0.1) is 12.6 Å². The van der Waals surface area contributed by atoms with Crippen LogP contribution in [-0.4, -0.2) is 51.6 Å². The van der Waals surface area contributed by atoms with Crippen LogP contribution in [0.2, 0.25) is 0 Å². The van der Waals surface area contributed by atoms with E-state index in [1.54, 1.807) is 0 Å². The van der Waals surface area contributed by atoms with E-state index in [0.29, 0.717) is 13.2 Å². The van der Waals surface area contributed by atoms with Crippen LogP contribution in [0.4, 0.5) is 0 Å². The van der Waals surface area contributed by atoms with E-state index in [1.807, 2.05) is 0 Å². The molecule has 1 unspecified atom stereocenters. The highest BCUT2D eigenvalue weighted by atomic mass is 127. The Labute approximate surface area is 198 Å². The molecule has 170 valence electrons. The average Bonchev–Trinajstić information content (AvgIpc) is 3.40. The molecule has 2 aliphatic rings. The van der Waals surface area contributed by atoms with Gasteiger partial charge in [0.15, 0.2) is 5.96 Å². The minimum atomic E-state index is 0.